The van der Waals surface area contributed by atoms with Crippen LogP contribution < -0.4 is 15.8 Å². The van der Waals surface area contributed by atoms with E-state index in [2.05, 4.69) is 17.4 Å². The SMILES string of the molecule is COc1c(C)cc(CCNC(=O)CN)cc1C. The summed E-state index contributed by atoms with van der Waals surface area (Å²) in [5, 5.41) is 2.75. The summed E-state index contributed by atoms with van der Waals surface area (Å²) in [6, 6.07) is 4.17. The van der Waals surface area contributed by atoms with E-state index in [9.17, 15) is 4.79 Å². The van der Waals surface area contributed by atoms with Crippen molar-refractivity contribution in [3.05, 3.63) is 28.8 Å². The molecule has 0 atom stereocenters. The number of carbonyl (C=O) groups is 1. The molecule has 0 saturated heterocycles. The Hall–Kier alpha value is -1.55. The molecule has 4 nitrogen and oxygen atoms in total. The largest absolute Gasteiger partial charge is 0.496 e. The van der Waals surface area contributed by atoms with Gasteiger partial charge in [0.15, 0.2) is 0 Å². The summed E-state index contributed by atoms with van der Waals surface area (Å²) in [6.07, 6.45) is 0.803. The Labute approximate surface area is 102 Å². The van der Waals surface area contributed by atoms with E-state index in [4.69, 9.17) is 10.5 Å². The van der Waals surface area contributed by atoms with E-state index in [1.807, 2.05) is 13.8 Å². The highest BCUT2D eigenvalue weighted by Gasteiger charge is 2.05. The molecule has 4 heteroatoms. The topological polar surface area (TPSA) is 64.3 Å². The van der Waals surface area contributed by atoms with Crippen molar-refractivity contribution >= 4 is 5.91 Å². The van der Waals surface area contributed by atoms with Crippen LogP contribution in [0.15, 0.2) is 12.1 Å². The Kier molecular flexibility index (Phi) is 4.97. The Morgan fingerprint density at radius 3 is 2.41 bits per heavy atom. The lowest BCUT2D eigenvalue weighted by Crippen LogP contribution is -2.31. The number of rotatable bonds is 5. The number of methoxy groups -OCH3 is 1. The highest BCUT2D eigenvalue weighted by molar-refractivity contribution is 5.77. The first-order valence-corrected chi connectivity index (χ1v) is 5.69. The summed E-state index contributed by atoms with van der Waals surface area (Å²) in [5.74, 6) is 0.812. The van der Waals surface area contributed by atoms with Gasteiger partial charge in [0.05, 0.1) is 13.7 Å². The molecule has 0 aliphatic carbocycles. The smallest absolute Gasteiger partial charge is 0.233 e. The number of benzene rings is 1. The third-order valence-electron chi connectivity index (χ3n) is 2.65. The van der Waals surface area contributed by atoms with Gasteiger partial charge < -0.3 is 15.8 Å². The van der Waals surface area contributed by atoms with Gasteiger partial charge in [-0.2, -0.15) is 0 Å². The molecule has 1 amide bonds. The maximum atomic E-state index is 11.0. The van der Waals surface area contributed by atoms with Crippen molar-refractivity contribution in [2.75, 3.05) is 20.2 Å². The average Bonchev–Trinajstić information content (AvgIpc) is 2.28. The summed E-state index contributed by atoms with van der Waals surface area (Å²) in [6.45, 7) is 4.70. The van der Waals surface area contributed by atoms with Crippen LogP contribution in [0.1, 0.15) is 16.7 Å². The fraction of sp³-hybridized carbons (Fsp3) is 0.462. The molecule has 0 spiro atoms. The maximum absolute atomic E-state index is 11.0. The van der Waals surface area contributed by atoms with Crippen LogP contribution in [-0.4, -0.2) is 26.1 Å². The van der Waals surface area contributed by atoms with Crippen molar-refractivity contribution in [3.8, 4) is 5.75 Å². The van der Waals surface area contributed by atoms with E-state index < -0.39 is 0 Å². The summed E-state index contributed by atoms with van der Waals surface area (Å²) < 4.78 is 5.30. The first kappa shape index (κ1) is 13.5. The van der Waals surface area contributed by atoms with Crippen molar-refractivity contribution in [1.82, 2.24) is 5.32 Å². The van der Waals surface area contributed by atoms with Gasteiger partial charge in [0, 0.05) is 6.54 Å². The van der Waals surface area contributed by atoms with Crippen LogP contribution in [0.25, 0.3) is 0 Å². The van der Waals surface area contributed by atoms with E-state index in [-0.39, 0.29) is 12.5 Å². The normalized spacial score (nSPS) is 10.1. The van der Waals surface area contributed by atoms with Gasteiger partial charge in [-0.05, 0) is 37.0 Å². The van der Waals surface area contributed by atoms with Gasteiger partial charge in [0.2, 0.25) is 5.91 Å². The number of hydrogen-bond acceptors (Lipinski definition) is 3. The zero-order valence-corrected chi connectivity index (χ0v) is 10.7. The van der Waals surface area contributed by atoms with E-state index in [1.165, 1.54) is 5.56 Å². The summed E-state index contributed by atoms with van der Waals surface area (Å²) in [7, 11) is 1.68. The van der Waals surface area contributed by atoms with Gasteiger partial charge in [-0.3, -0.25) is 4.79 Å². The molecular weight excluding hydrogens is 216 g/mol. The molecule has 0 fully saturated rings. The van der Waals surface area contributed by atoms with Crippen LogP contribution in [0.2, 0.25) is 0 Å². The number of hydrogen-bond donors (Lipinski definition) is 2. The van der Waals surface area contributed by atoms with Crippen molar-refractivity contribution in [1.29, 1.82) is 0 Å². The second-order valence-electron chi connectivity index (χ2n) is 4.07. The lowest BCUT2D eigenvalue weighted by atomic mass is 10.0. The first-order valence-electron chi connectivity index (χ1n) is 5.69. The standard InChI is InChI=1S/C13H20N2O2/c1-9-6-11(4-5-15-12(16)8-14)7-10(2)13(9)17-3/h6-7H,4-5,8,14H2,1-3H3,(H,15,16). The minimum atomic E-state index is -0.119. The maximum Gasteiger partial charge on any atom is 0.233 e. The predicted octanol–water partition coefficient (Wildman–Crippen LogP) is 0.929. The molecule has 94 valence electrons. The first-order chi connectivity index (χ1) is 8.08. The van der Waals surface area contributed by atoms with Gasteiger partial charge in [-0.15, -0.1) is 0 Å². The average molecular weight is 236 g/mol. The molecule has 1 aromatic carbocycles. The second-order valence-corrected chi connectivity index (χ2v) is 4.07. The minimum absolute atomic E-state index is 0.0423. The van der Waals surface area contributed by atoms with E-state index >= 15 is 0 Å². The Morgan fingerprint density at radius 2 is 1.94 bits per heavy atom. The van der Waals surface area contributed by atoms with Crippen LogP contribution in [0, 0.1) is 13.8 Å². The molecule has 0 saturated carbocycles. The molecule has 0 aliphatic heterocycles. The zero-order chi connectivity index (χ0) is 12.8. The van der Waals surface area contributed by atoms with Gasteiger partial charge >= 0.3 is 0 Å². The Balaban J connectivity index is 2.64. The lowest BCUT2D eigenvalue weighted by Gasteiger charge is -2.11. The van der Waals surface area contributed by atoms with Gasteiger partial charge in [-0.25, -0.2) is 0 Å². The van der Waals surface area contributed by atoms with Gasteiger partial charge in [0.1, 0.15) is 5.75 Å². The number of nitrogens with one attached hydrogen (secondary N) is 1. The molecule has 1 aromatic rings. The quantitative estimate of drug-likeness (QED) is 0.799. The molecular formula is C13H20N2O2. The fourth-order valence-electron chi connectivity index (χ4n) is 1.92. The molecule has 17 heavy (non-hydrogen) atoms. The van der Waals surface area contributed by atoms with Crippen molar-refractivity contribution in [2.24, 2.45) is 5.73 Å². The van der Waals surface area contributed by atoms with Gasteiger partial charge in [0.25, 0.3) is 0 Å². The summed E-state index contributed by atoms with van der Waals surface area (Å²) >= 11 is 0. The Morgan fingerprint density at radius 1 is 1.35 bits per heavy atom. The molecule has 1 rings (SSSR count). The highest BCUT2D eigenvalue weighted by Crippen LogP contribution is 2.24. The molecule has 0 aliphatic rings. The van der Waals surface area contributed by atoms with Crippen molar-refractivity contribution < 1.29 is 9.53 Å². The molecule has 0 radical (unpaired) electrons. The third kappa shape index (κ3) is 3.75. The summed E-state index contributed by atoms with van der Waals surface area (Å²) in [4.78, 5) is 11.0. The number of ether oxygens (including phenoxy) is 1. The summed E-state index contributed by atoms with van der Waals surface area (Å²) in [5.41, 5.74) is 8.64. The van der Waals surface area contributed by atoms with Crippen molar-refractivity contribution in [3.63, 3.8) is 0 Å². The number of amides is 1. The van der Waals surface area contributed by atoms with E-state index in [0.717, 1.165) is 23.3 Å². The van der Waals surface area contributed by atoms with Gasteiger partial charge in [-0.1, -0.05) is 12.1 Å². The monoisotopic (exact) mass is 236 g/mol. The van der Waals surface area contributed by atoms with E-state index in [0.29, 0.717) is 6.54 Å². The highest BCUT2D eigenvalue weighted by atomic mass is 16.5. The number of aryl methyl sites for hydroxylation is 2. The van der Waals surface area contributed by atoms with Crippen LogP contribution in [0.3, 0.4) is 0 Å². The Bertz CT molecular complexity index is 379. The molecule has 3 N–H and O–H groups in total. The van der Waals surface area contributed by atoms with Crippen LogP contribution >= 0.6 is 0 Å². The molecule has 0 aromatic heterocycles. The number of nitrogens with two attached hydrogens (primary N) is 1. The third-order valence-corrected chi connectivity index (χ3v) is 2.65. The second kappa shape index (κ2) is 6.25. The zero-order valence-electron chi connectivity index (χ0n) is 10.7. The molecule has 0 bridgehead atoms. The lowest BCUT2D eigenvalue weighted by molar-refractivity contribution is -0.119. The van der Waals surface area contributed by atoms with Crippen LogP contribution in [-0.2, 0) is 11.2 Å². The van der Waals surface area contributed by atoms with E-state index in [1.54, 1.807) is 7.11 Å². The number of carbonyl (C=O) groups excluding carboxylic acids is 1. The molecule has 0 heterocycles. The van der Waals surface area contributed by atoms with Crippen molar-refractivity contribution in [2.45, 2.75) is 20.3 Å². The van der Waals surface area contributed by atoms with Crippen LogP contribution in [0.4, 0.5) is 0 Å². The fourth-order valence-corrected chi connectivity index (χ4v) is 1.92. The molecule has 0 unspecified atom stereocenters. The predicted molar refractivity (Wildman–Crippen MR) is 68.2 cm³/mol. The van der Waals surface area contributed by atoms with Crippen LogP contribution in [0.5, 0.6) is 5.75 Å². The minimum Gasteiger partial charge on any atom is -0.496 e.